The average molecular weight is 324 g/mol. The third-order valence-electron chi connectivity index (χ3n) is 3.52. The van der Waals surface area contributed by atoms with Crippen molar-refractivity contribution in [3.05, 3.63) is 11.5 Å². The fraction of sp³-hybridized carbons (Fsp3) is 0.571. The Bertz CT molecular complexity index is 705. The molecule has 1 fully saturated rings. The summed E-state index contributed by atoms with van der Waals surface area (Å²) in [4.78, 5) is 22.5. The van der Waals surface area contributed by atoms with Crippen molar-refractivity contribution in [1.29, 1.82) is 0 Å². The smallest absolute Gasteiger partial charge is 0.416 e. The van der Waals surface area contributed by atoms with Crippen LogP contribution < -0.4 is 4.90 Å². The molecule has 7 nitrogen and oxygen atoms in total. The van der Waals surface area contributed by atoms with Crippen LogP contribution in [-0.2, 0) is 4.74 Å². The number of fused-ring (bicyclic) bond motifs is 1. The second-order valence-electron chi connectivity index (χ2n) is 6.38. The molecule has 22 heavy (non-hydrogen) atoms. The zero-order chi connectivity index (χ0) is 15.9. The van der Waals surface area contributed by atoms with Gasteiger partial charge in [-0.3, -0.25) is 10.00 Å². The number of H-pyrrole nitrogens is 1. The first-order valence-electron chi connectivity index (χ1n) is 7.24. The van der Waals surface area contributed by atoms with Crippen LogP contribution in [0.3, 0.4) is 0 Å². The maximum atomic E-state index is 12.6. The number of hydrogen-bond donors (Lipinski definition) is 1. The van der Waals surface area contributed by atoms with Gasteiger partial charge in [0, 0.05) is 6.04 Å². The van der Waals surface area contributed by atoms with E-state index < -0.39 is 11.7 Å². The number of amides is 1. The Morgan fingerprint density at radius 1 is 1.41 bits per heavy atom. The highest BCUT2D eigenvalue weighted by molar-refractivity contribution is 6.28. The molecule has 0 radical (unpaired) electrons. The first-order chi connectivity index (χ1) is 10.3. The van der Waals surface area contributed by atoms with Crippen molar-refractivity contribution in [2.75, 3.05) is 4.90 Å². The molecule has 1 N–H and O–H groups in total. The maximum absolute atomic E-state index is 12.6. The van der Waals surface area contributed by atoms with E-state index in [-0.39, 0.29) is 11.3 Å². The molecule has 8 heteroatoms. The lowest BCUT2D eigenvalue weighted by Crippen LogP contribution is -2.47. The van der Waals surface area contributed by atoms with Gasteiger partial charge in [-0.25, -0.2) is 4.79 Å². The third-order valence-corrected chi connectivity index (χ3v) is 3.69. The summed E-state index contributed by atoms with van der Waals surface area (Å²) in [6.45, 7) is 5.51. The minimum absolute atomic E-state index is 0.0684. The van der Waals surface area contributed by atoms with Crippen LogP contribution in [0, 0.1) is 0 Å². The molecule has 1 aliphatic carbocycles. The van der Waals surface area contributed by atoms with E-state index in [1.54, 1.807) is 11.1 Å². The van der Waals surface area contributed by atoms with Gasteiger partial charge in [0.2, 0.25) is 5.28 Å². The van der Waals surface area contributed by atoms with Crippen molar-refractivity contribution in [2.45, 2.75) is 51.7 Å². The molecule has 3 rings (SSSR count). The highest BCUT2D eigenvalue weighted by Crippen LogP contribution is 2.33. The second-order valence-corrected chi connectivity index (χ2v) is 6.72. The number of carbonyl (C=O) groups is 1. The lowest BCUT2D eigenvalue weighted by molar-refractivity contribution is 0.0548. The fourth-order valence-electron chi connectivity index (χ4n) is 2.34. The molecule has 2 heterocycles. The molecule has 0 aliphatic heterocycles. The molecular weight excluding hydrogens is 306 g/mol. The summed E-state index contributed by atoms with van der Waals surface area (Å²) < 4.78 is 5.53. The quantitative estimate of drug-likeness (QED) is 0.857. The molecule has 1 saturated carbocycles. The van der Waals surface area contributed by atoms with Gasteiger partial charge in [0.05, 0.1) is 11.6 Å². The van der Waals surface area contributed by atoms with E-state index >= 15 is 0 Å². The molecular formula is C14H18ClN5O2. The zero-order valence-corrected chi connectivity index (χ0v) is 13.5. The molecule has 0 unspecified atom stereocenters. The van der Waals surface area contributed by atoms with Gasteiger partial charge in [-0.1, -0.05) is 0 Å². The molecule has 0 aromatic carbocycles. The Balaban J connectivity index is 2.04. The van der Waals surface area contributed by atoms with Crippen LogP contribution in [0.15, 0.2) is 6.20 Å². The Kier molecular flexibility index (Phi) is 3.68. The number of rotatable bonds is 2. The topological polar surface area (TPSA) is 84.0 Å². The van der Waals surface area contributed by atoms with Crippen LogP contribution in [-0.4, -0.2) is 37.9 Å². The number of aromatic amines is 1. The van der Waals surface area contributed by atoms with Gasteiger partial charge < -0.3 is 4.74 Å². The van der Waals surface area contributed by atoms with E-state index in [2.05, 4.69) is 20.2 Å². The summed E-state index contributed by atoms with van der Waals surface area (Å²) >= 11 is 5.98. The van der Waals surface area contributed by atoms with E-state index in [0.29, 0.717) is 16.9 Å². The Hall–Kier alpha value is -1.89. The molecule has 2 aromatic rings. The highest BCUT2D eigenvalue weighted by Gasteiger charge is 2.35. The molecule has 118 valence electrons. The van der Waals surface area contributed by atoms with Crippen LogP contribution in [0.2, 0.25) is 5.28 Å². The van der Waals surface area contributed by atoms with E-state index in [4.69, 9.17) is 16.3 Å². The highest BCUT2D eigenvalue weighted by atomic mass is 35.5. The van der Waals surface area contributed by atoms with E-state index in [0.717, 1.165) is 19.3 Å². The van der Waals surface area contributed by atoms with Crippen LogP contribution in [0.4, 0.5) is 10.6 Å². The van der Waals surface area contributed by atoms with Crippen molar-refractivity contribution < 1.29 is 9.53 Å². The van der Waals surface area contributed by atoms with Gasteiger partial charge in [-0.15, -0.1) is 0 Å². The number of anilines is 1. The Morgan fingerprint density at radius 2 is 2.14 bits per heavy atom. The average Bonchev–Trinajstić information content (AvgIpc) is 2.78. The molecule has 1 aliphatic rings. The van der Waals surface area contributed by atoms with Gasteiger partial charge in [-0.05, 0) is 51.6 Å². The summed E-state index contributed by atoms with van der Waals surface area (Å²) in [5.41, 5.74) is -0.0753. The number of aromatic nitrogens is 4. The predicted octanol–water partition coefficient (Wildman–Crippen LogP) is 3.30. The number of halogens is 1. The standard InChI is InChI=1S/C14H18ClN5O2/c1-14(2,3)22-13(21)20(8-5-4-6-8)11-9-7-16-19-10(9)17-12(15)18-11/h7-8H,4-6H2,1-3H3,(H,16,17,18,19). The molecule has 0 atom stereocenters. The minimum atomic E-state index is -0.578. The number of nitrogens with one attached hydrogen (secondary N) is 1. The third kappa shape index (κ3) is 2.85. The van der Waals surface area contributed by atoms with Gasteiger partial charge in [-0.2, -0.15) is 15.1 Å². The first-order valence-corrected chi connectivity index (χ1v) is 7.62. The first kappa shape index (κ1) is 15.0. The Labute approximate surface area is 133 Å². The molecule has 0 saturated heterocycles. The monoisotopic (exact) mass is 323 g/mol. The summed E-state index contributed by atoms with van der Waals surface area (Å²) in [5, 5.41) is 7.43. The lowest BCUT2D eigenvalue weighted by atomic mass is 9.91. The van der Waals surface area contributed by atoms with Crippen LogP contribution >= 0.6 is 11.6 Å². The molecule has 1 amide bonds. The summed E-state index contributed by atoms with van der Waals surface area (Å²) in [7, 11) is 0. The second kappa shape index (κ2) is 5.39. The van der Waals surface area contributed by atoms with Gasteiger partial charge >= 0.3 is 6.09 Å². The number of ether oxygens (including phenoxy) is 1. The predicted molar refractivity (Wildman–Crippen MR) is 83.0 cm³/mol. The van der Waals surface area contributed by atoms with Gasteiger partial charge in [0.25, 0.3) is 0 Å². The SMILES string of the molecule is CC(C)(C)OC(=O)N(c1nc(Cl)nc2[nH]ncc12)C1CCC1. The van der Waals surface area contributed by atoms with Crippen LogP contribution in [0.25, 0.3) is 11.0 Å². The normalized spacial score (nSPS) is 15.6. The van der Waals surface area contributed by atoms with Gasteiger partial charge in [0.15, 0.2) is 11.5 Å². The Morgan fingerprint density at radius 3 is 2.73 bits per heavy atom. The summed E-state index contributed by atoms with van der Waals surface area (Å²) in [6.07, 6.45) is 4.09. The van der Waals surface area contributed by atoms with Crippen molar-refractivity contribution in [3.8, 4) is 0 Å². The lowest BCUT2D eigenvalue weighted by Gasteiger charge is -2.37. The number of carbonyl (C=O) groups excluding carboxylic acids is 1. The number of hydrogen-bond acceptors (Lipinski definition) is 5. The number of nitrogens with zero attached hydrogens (tertiary/aromatic N) is 4. The molecule has 0 bridgehead atoms. The summed E-state index contributed by atoms with van der Waals surface area (Å²) in [5.74, 6) is 0.447. The molecule has 2 aromatic heterocycles. The van der Waals surface area contributed by atoms with E-state index in [1.165, 1.54) is 0 Å². The fourth-order valence-corrected chi connectivity index (χ4v) is 2.51. The largest absolute Gasteiger partial charge is 0.443 e. The van der Waals surface area contributed by atoms with E-state index in [9.17, 15) is 4.79 Å². The molecule has 0 spiro atoms. The maximum Gasteiger partial charge on any atom is 0.416 e. The zero-order valence-electron chi connectivity index (χ0n) is 12.8. The van der Waals surface area contributed by atoms with E-state index in [1.807, 2.05) is 20.8 Å². The minimum Gasteiger partial charge on any atom is -0.443 e. The van der Waals surface area contributed by atoms with Crippen molar-refractivity contribution in [1.82, 2.24) is 20.2 Å². The van der Waals surface area contributed by atoms with Crippen molar-refractivity contribution in [3.63, 3.8) is 0 Å². The summed E-state index contributed by atoms with van der Waals surface area (Å²) in [6, 6.07) is 0.0684. The van der Waals surface area contributed by atoms with Crippen LogP contribution in [0.1, 0.15) is 40.0 Å². The van der Waals surface area contributed by atoms with Crippen LogP contribution in [0.5, 0.6) is 0 Å². The van der Waals surface area contributed by atoms with Crippen molar-refractivity contribution in [2.24, 2.45) is 0 Å². The van der Waals surface area contributed by atoms with Crippen molar-refractivity contribution >= 4 is 34.5 Å². The van der Waals surface area contributed by atoms with Gasteiger partial charge in [0.1, 0.15) is 5.60 Å².